The van der Waals surface area contributed by atoms with Gasteiger partial charge < -0.3 is 19.2 Å². The minimum Gasteiger partial charge on any atom is -0.408 e. The second kappa shape index (κ2) is 7.98. The normalized spacial score (nSPS) is 25.0. The van der Waals surface area contributed by atoms with Crippen LogP contribution in [0.3, 0.4) is 0 Å². The van der Waals surface area contributed by atoms with E-state index in [-0.39, 0.29) is 29.3 Å². The Hall–Kier alpha value is -2.66. The molecule has 1 N–H and O–H groups in total. The van der Waals surface area contributed by atoms with Crippen molar-refractivity contribution in [1.29, 1.82) is 0 Å². The standard InChI is InChI=1S/C23H29N5O4Si/c1-23(2,3)33(4,5)32-17-15-11-30-18(17)22(31-15)28-13-26-16-19(24-12-25-20(16)28)27-21(29)14-9-7-6-8-10-14/h6-10,12-13,15,17-18,22H,11H2,1-5H3,(H,24,25,27,29)/t15-,17-,18?,22+/m0/s1. The first-order chi connectivity index (χ1) is 15.7. The molecule has 1 aromatic carbocycles. The third kappa shape index (κ3) is 3.86. The van der Waals surface area contributed by atoms with E-state index in [2.05, 4.69) is 54.1 Å². The minimum atomic E-state index is -2.00. The molecule has 5 rings (SSSR count). The molecule has 2 aliphatic rings. The van der Waals surface area contributed by atoms with Gasteiger partial charge in [0.1, 0.15) is 24.6 Å². The van der Waals surface area contributed by atoms with Crippen LogP contribution in [-0.2, 0) is 13.9 Å². The molecule has 2 bridgehead atoms. The van der Waals surface area contributed by atoms with E-state index in [0.717, 1.165) is 0 Å². The predicted octanol–water partition coefficient (Wildman–Crippen LogP) is 3.77. The second-order valence-electron chi connectivity index (χ2n) is 10.1. The van der Waals surface area contributed by atoms with E-state index < -0.39 is 14.5 Å². The van der Waals surface area contributed by atoms with E-state index in [1.54, 1.807) is 18.5 Å². The lowest BCUT2D eigenvalue weighted by molar-refractivity contribution is -0.125. The van der Waals surface area contributed by atoms with Crippen molar-refractivity contribution in [2.75, 3.05) is 11.9 Å². The number of ether oxygens (including phenoxy) is 2. The molecular formula is C23H29N5O4Si. The molecule has 10 heteroatoms. The number of hydrogen-bond donors (Lipinski definition) is 1. The van der Waals surface area contributed by atoms with Crippen LogP contribution >= 0.6 is 0 Å². The highest BCUT2D eigenvalue weighted by molar-refractivity contribution is 6.74. The summed E-state index contributed by atoms with van der Waals surface area (Å²) in [6, 6.07) is 8.98. The number of aromatic nitrogens is 4. The van der Waals surface area contributed by atoms with Gasteiger partial charge in [-0.15, -0.1) is 0 Å². The summed E-state index contributed by atoms with van der Waals surface area (Å²) >= 11 is 0. The fourth-order valence-electron chi connectivity index (χ4n) is 4.01. The van der Waals surface area contributed by atoms with Crippen LogP contribution in [0.4, 0.5) is 5.82 Å². The number of nitrogens with one attached hydrogen (secondary N) is 1. The summed E-state index contributed by atoms with van der Waals surface area (Å²) in [4.78, 5) is 25.8. The Morgan fingerprint density at radius 3 is 2.67 bits per heavy atom. The zero-order valence-electron chi connectivity index (χ0n) is 19.5. The van der Waals surface area contributed by atoms with Crippen molar-refractivity contribution in [2.45, 2.75) is 63.4 Å². The molecule has 3 aromatic rings. The van der Waals surface area contributed by atoms with Crippen LogP contribution in [-0.4, -0.2) is 58.7 Å². The third-order valence-corrected chi connectivity index (χ3v) is 11.3. The molecule has 2 fully saturated rings. The highest BCUT2D eigenvalue weighted by atomic mass is 28.4. The van der Waals surface area contributed by atoms with Crippen LogP contribution < -0.4 is 5.32 Å². The fraction of sp³-hybridized carbons (Fsp3) is 0.478. The van der Waals surface area contributed by atoms with Gasteiger partial charge in [-0.3, -0.25) is 9.36 Å². The molecule has 2 saturated heterocycles. The van der Waals surface area contributed by atoms with Crippen LogP contribution in [0.25, 0.3) is 11.2 Å². The number of anilines is 1. The number of benzene rings is 1. The lowest BCUT2D eigenvalue weighted by Gasteiger charge is -2.38. The molecule has 4 heterocycles. The second-order valence-corrected chi connectivity index (χ2v) is 14.8. The molecule has 1 unspecified atom stereocenters. The molecule has 0 spiro atoms. The smallest absolute Gasteiger partial charge is 0.256 e. The molecule has 4 atom stereocenters. The summed E-state index contributed by atoms with van der Waals surface area (Å²) < 4.78 is 20.9. The van der Waals surface area contributed by atoms with E-state index in [9.17, 15) is 4.79 Å². The van der Waals surface area contributed by atoms with Crippen LogP contribution in [0.5, 0.6) is 0 Å². The Balaban J connectivity index is 1.40. The molecule has 0 radical (unpaired) electrons. The van der Waals surface area contributed by atoms with Crippen molar-refractivity contribution in [3.8, 4) is 0 Å². The number of carbonyl (C=O) groups excluding carboxylic acids is 1. The quantitative estimate of drug-likeness (QED) is 0.570. The molecule has 2 aliphatic heterocycles. The van der Waals surface area contributed by atoms with E-state index >= 15 is 0 Å². The number of hydrogen-bond acceptors (Lipinski definition) is 7. The predicted molar refractivity (Wildman–Crippen MR) is 125 cm³/mol. The van der Waals surface area contributed by atoms with Crippen LogP contribution in [0.2, 0.25) is 18.1 Å². The van der Waals surface area contributed by atoms with Gasteiger partial charge in [0.15, 0.2) is 31.5 Å². The van der Waals surface area contributed by atoms with Gasteiger partial charge in [0.2, 0.25) is 0 Å². The average molecular weight is 468 g/mol. The zero-order chi connectivity index (χ0) is 23.4. The number of nitrogens with zero attached hydrogens (tertiary/aromatic N) is 4. The SMILES string of the molecule is CC(C)(C)[Si](C)(C)O[C@@H]1C2OC[C@@H]1O[C@H]2n1cnc2c(NC(=O)c3ccccc3)ncnc21. The van der Waals surface area contributed by atoms with Gasteiger partial charge in [-0.05, 0) is 30.3 Å². The van der Waals surface area contributed by atoms with Crippen molar-refractivity contribution >= 4 is 31.2 Å². The maximum atomic E-state index is 12.6. The lowest BCUT2D eigenvalue weighted by atomic mass is 10.2. The van der Waals surface area contributed by atoms with Crippen molar-refractivity contribution in [3.63, 3.8) is 0 Å². The van der Waals surface area contributed by atoms with Gasteiger partial charge in [-0.25, -0.2) is 15.0 Å². The first kappa shape index (κ1) is 22.1. The number of imidazole rings is 1. The first-order valence-electron chi connectivity index (χ1n) is 11.1. The fourth-order valence-corrected chi connectivity index (χ4v) is 5.33. The molecule has 174 valence electrons. The first-order valence-corrected chi connectivity index (χ1v) is 14.1. The minimum absolute atomic E-state index is 0.0886. The highest BCUT2D eigenvalue weighted by Crippen LogP contribution is 2.45. The van der Waals surface area contributed by atoms with Crippen molar-refractivity contribution in [1.82, 2.24) is 19.5 Å². The molecule has 0 aliphatic carbocycles. The number of carbonyl (C=O) groups is 1. The van der Waals surface area contributed by atoms with Crippen molar-refractivity contribution < 1.29 is 18.7 Å². The van der Waals surface area contributed by atoms with Gasteiger partial charge in [0.25, 0.3) is 5.91 Å². The molecule has 1 amide bonds. The average Bonchev–Trinajstić information content (AvgIpc) is 3.46. The van der Waals surface area contributed by atoms with Crippen LogP contribution in [0.15, 0.2) is 43.0 Å². The number of amides is 1. The van der Waals surface area contributed by atoms with Gasteiger partial charge >= 0.3 is 0 Å². The molecule has 2 aromatic heterocycles. The Morgan fingerprint density at radius 1 is 1.18 bits per heavy atom. The number of rotatable bonds is 5. The third-order valence-electron chi connectivity index (χ3n) is 6.88. The topological polar surface area (TPSA) is 100 Å². The Kier molecular flexibility index (Phi) is 5.35. The molecular weight excluding hydrogens is 438 g/mol. The van der Waals surface area contributed by atoms with Gasteiger partial charge in [0.05, 0.1) is 12.9 Å². The highest BCUT2D eigenvalue weighted by Gasteiger charge is 2.55. The van der Waals surface area contributed by atoms with Crippen molar-refractivity contribution in [3.05, 3.63) is 48.5 Å². The summed E-state index contributed by atoms with van der Waals surface area (Å²) in [7, 11) is -2.00. The monoisotopic (exact) mass is 467 g/mol. The summed E-state index contributed by atoms with van der Waals surface area (Å²) in [6.07, 6.45) is 2.15. The Bertz CT molecular complexity index is 1180. The molecule has 33 heavy (non-hydrogen) atoms. The summed E-state index contributed by atoms with van der Waals surface area (Å²) in [5.41, 5.74) is 1.61. The lowest BCUT2D eigenvalue weighted by Crippen LogP contribution is -2.47. The van der Waals surface area contributed by atoms with Gasteiger partial charge in [-0.2, -0.15) is 0 Å². The molecule has 0 saturated carbocycles. The summed E-state index contributed by atoms with van der Waals surface area (Å²) in [6.45, 7) is 11.7. The summed E-state index contributed by atoms with van der Waals surface area (Å²) in [5.74, 6) is 0.0956. The number of fused-ring (bicyclic) bond motifs is 3. The summed E-state index contributed by atoms with van der Waals surface area (Å²) in [5, 5.41) is 2.93. The maximum absolute atomic E-state index is 12.6. The van der Waals surface area contributed by atoms with Gasteiger partial charge in [0, 0.05) is 5.56 Å². The Labute approximate surface area is 193 Å². The molecule has 9 nitrogen and oxygen atoms in total. The van der Waals surface area contributed by atoms with Crippen molar-refractivity contribution in [2.24, 2.45) is 0 Å². The maximum Gasteiger partial charge on any atom is 0.256 e. The van der Waals surface area contributed by atoms with E-state index in [1.165, 1.54) is 6.33 Å². The van der Waals surface area contributed by atoms with Crippen LogP contribution in [0, 0.1) is 0 Å². The van der Waals surface area contributed by atoms with Crippen LogP contribution in [0.1, 0.15) is 37.4 Å². The largest absolute Gasteiger partial charge is 0.408 e. The van der Waals surface area contributed by atoms with E-state index in [0.29, 0.717) is 29.2 Å². The van der Waals surface area contributed by atoms with E-state index in [4.69, 9.17) is 13.9 Å². The van der Waals surface area contributed by atoms with Gasteiger partial charge in [-0.1, -0.05) is 39.0 Å². The Morgan fingerprint density at radius 2 is 1.94 bits per heavy atom. The van der Waals surface area contributed by atoms with E-state index in [1.807, 2.05) is 22.8 Å². The zero-order valence-corrected chi connectivity index (χ0v) is 20.5.